The minimum Gasteiger partial charge on any atom is -0.481 e. The van der Waals surface area contributed by atoms with Crippen LogP contribution in [0.2, 0.25) is 0 Å². The van der Waals surface area contributed by atoms with Crippen LogP contribution >= 0.6 is 0 Å². The topological polar surface area (TPSA) is 131 Å². The maximum absolute atomic E-state index is 11.6. The van der Waals surface area contributed by atoms with Crippen LogP contribution in [-0.4, -0.2) is 48.8 Å². The molecule has 0 bridgehead atoms. The lowest BCUT2D eigenvalue weighted by molar-refractivity contribution is -0.148. The molecule has 8 nitrogen and oxygen atoms in total. The highest BCUT2D eigenvalue weighted by molar-refractivity contribution is 5.79. The third-order valence-corrected chi connectivity index (χ3v) is 3.38. The number of hydrogen-bond acceptors (Lipinski definition) is 4. The lowest BCUT2D eigenvalue weighted by atomic mass is 9.85. The number of rotatable bonds is 7. The van der Waals surface area contributed by atoms with E-state index in [9.17, 15) is 14.4 Å². The highest BCUT2D eigenvalue weighted by Gasteiger charge is 2.47. The van der Waals surface area contributed by atoms with Crippen molar-refractivity contribution in [3.63, 3.8) is 0 Å². The van der Waals surface area contributed by atoms with Crippen LogP contribution in [0.3, 0.4) is 0 Å². The fraction of sp³-hybridized carbons (Fsp3) is 0.750. The minimum absolute atomic E-state index is 0.0753. The molecule has 5 N–H and O–H groups in total. The number of amides is 3. The molecule has 2 atom stereocenters. The predicted octanol–water partition coefficient (Wildman–Crippen LogP) is -0.569. The first kappa shape index (κ1) is 16.2. The standard InChI is InChI=1S/C12H21N3O5/c1-12(10(17)18)7-20-6-8(12)15-11(19)14-5-3-2-4-9(13)16/h8H,2-7H2,1H3,(H2,13,16)(H,17,18)(H2,14,15,19). The zero-order valence-electron chi connectivity index (χ0n) is 11.5. The number of carboxylic acid groups (broad SMARTS) is 1. The largest absolute Gasteiger partial charge is 0.481 e. The number of aliphatic carboxylic acids is 1. The van der Waals surface area contributed by atoms with Crippen molar-refractivity contribution in [1.29, 1.82) is 0 Å². The highest BCUT2D eigenvalue weighted by atomic mass is 16.5. The monoisotopic (exact) mass is 287 g/mol. The molecule has 1 aliphatic heterocycles. The Morgan fingerprint density at radius 3 is 2.70 bits per heavy atom. The van der Waals surface area contributed by atoms with E-state index in [4.69, 9.17) is 15.6 Å². The van der Waals surface area contributed by atoms with Gasteiger partial charge in [-0.25, -0.2) is 4.79 Å². The number of nitrogens with two attached hydrogens (primary N) is 1. The molecule has 3 amide bonds. The Bertz CT molecular complexity index is 387. The second-order valence-electron chi connectivity index (χ2n) is 5.11. The van der Waals surface area contributed by atoms with Crippen LogP contribution in [0.15, 0.2) is 0 Å². The van der Waals surface area contributed by atoms with Gasteiger partial charge < -0.3 is 26.2 Å². The first-order valence-corrected chi connectivity index (χ1v) is 6.50. The van der Waals surface area contributed by atoms with Crippen molar-refractivity contribution in [2.45, 2.75) is 32.2 Å². The molecule has 1 saturated heterocycles. The first-order valence-electron chi connectivity index (χ1n) is 6.50. The second kappa shape index (κ2) is 7.09. The lowest BCUT2D eigenvalue weighted by Crippen LogP contribution is -2.52. The van der Waals surface area contributed by atoms with Crippen molar-refractivity contribution in [1.82, 2.24) is 10.6 Å². The van der Waals surface area contributed by atoms with Gasteiger partial charge in [-0.15, -0.1) is 0 Å². The summed E-state index contributed by atoms with van der Waals surface area (Å²) in [5.41, 5.74) is 3.89. The van der Waals surface area contributed by atoms with Crippen molar-refractivity contribution in [3.8, 4) is 0 Å². The van der Waals surface area contributed by atoms with Crippen LogP contribution in [0.5, 0.6) is 0 Å². The summed E-state index contributed by atoms with van der Waals surface area (Å²) in [5, 5.41) is 14.4. The van der Waals surface area contributed by atoms with E-state index in [0.29, 0.717) is 19.4 Å². The van der Waals surface area contributed by atoms with E-state index in [-0.39, 0.29) is 25.5 Å². The number of carbonyl (C=O) groups is 3. The fourth-order valence-electron chi connectivity index (χ4n) is 1.92. The van der Waals surface area contributed by atoms with Crippen molar-refractivity contribution < 1.29 is 24.2 Å². The summed E-state index contributed by atoms with van der Waals surface area (Å²) in [6, 6.07) is -1.00. The SMILES string of the molecule is CC1(C(=O)O)COCC1NC(=O)NCCCCC(N)=O. The molecular formula is C12H21N3O5. The Morgan fingerprint density at radius 2 is 2.10 bits per heavy atom. The second-order valence-corrected chi connectivity index (χ2v) is 5.11. The third kappa shape index (κ3) is 4.37. The molecule has 0 aromatic heterocycles. The summed E-state index contributed by atoms with van der Waals surface area (Å²) in [5.74, 6) is -1.36. The minimum atomic E-state index is -1.11. The maximum Gasteiger partial charge on any atom is 0.315 e. The summed E-state index contributed by atoms with van der Waals surface area (Å²) in [7, 11) is 0. The van der Waals surface area contributed by atoms with Crippen LogP contribution in [0.25, 0.3) is 0 Å². The molecule has 8 heteroatoms. The quantitative estimate of drug-likeness (QED) is 0.466. The zero-order valence-corrected chi connectivity index (χ0v) is 11.5. The van der Waals surface area contributed by atoms with E-state index in [1.54, 1.807) is 6.92 Å². The molecule has 2 unspecified atom stereocenters. The Labute approximate surface area is 117 Å². The number of hydrogen-bond donors (Lipinski definition) is 4. The van der Waals surface area contributed by atoms with Crippen molar-refractivity contribution in [2.75, 3.05) is 19.8 Å². The van der Waals surface area contributed by atoms with Crippen molar-refractivity contribution in [2.24, 2.45) is 11.1 Å². The smallest absolute Gasteiger partial charge is 0.315 e. The van der Waals surface area contributed by atoms with Gasteiger partial charge in [-0.05, 0) is 19.8 Å². The van der Waals surface area contributed by atoms with Crippen LogP contribution in [0, 0.1) is 5.41 Å². The van der Waals surface area contributed by atoms with Crippen LogP contribution in [0.4, 0.5) is 4.79 Å². The fourth-order valence-corrected chi connectivity index (χ4v) is 1.92. The molecule has 0 aromatic rings. The van der Waals surface area contributed by atoms with Gasteiger partial charge >= 0.3 is 12.0 Å². The number of carbonyl (C=O) groups excluding carboxylic acids is 2. The van der Waals surface area contributed by atoms with Gasteiger partial charge in [-0.1, -0.05) is 0 Å². The average molecular weight is 287 g/mol. The summed E-state index contributed by atoms with van der Waals surface area (Å²) >= 11 is 0. The van der Waals surface area contributed by atoms with E-state index >= 15 is 0 Å². The van der Waals surface area contributed by atoms with Gasteiger partial charge in [0.15, 0.2) is 0 Å². The van der Waals surface area contributed by atoms with Gasteiger partial charge in [0.1, 0.15) is 5.41 Å². The summed E-state index contributed by atoms with van der Waals surface area (Å²) < 4.78 is 5.13. The van der Waals surface area contributed by atoms with Gasteiger partial charge in [-0.3, -0.25) is 9.59 Å². The molecule has 114 valence electrons. The lowest BCUT2D eigenvalue weighted by Gasteiger charge is -2.25. The number of primary amides is 1. The van der Waals surface area contributed by atoms with E-state index in [1.165, 1.54) is 0 Å². The maximum atomic E-state index is 11.6. The summed E-state index contributed by atoms with van der Waals surface area (Å²) in [6.07, 6.45) is 1.53. The molecular weight excluding hydrogens is 266 g/mol. The summed E-state index contributed by atoms with van der Waals surface area (Å²) in [6.45, 7) is 2.19. The Morgan fingerprint density at radius 1 is 1.40 bits per heavy atom. The molecule has 0 saturated carbocycles. The van der Waals surface area contributed by atoms with Gasteiger partial charge in [0.05, 0.1) is 19.3 Å². The molecule has 0 aliphatic carbocycles. The number of unbranched alkanes of at least 4 members (excludes halogenated alkanes) is 1. The molecule has 1 heterocycles. The van der Waals surface area contributed by atoms with Gasteiger partial charge in [0.2, 0.25) is 5.91 Å². The molecule has 20 heavy (non-hydrogen) atoms. The zero-order chi connectivity index (χ0) is 15.2. The van der Waals surface area contributed by atoms with Crippen molar-refractivity contribution >= 4 is 17.9 Å². The number of ether oxygens (including phenoxy) is 1. The van der Waals surface area contributed by atoms with E-state index < -0.39 is 23.5 Å². The Kier molecular flexibility index (Phi) is 5.75. The van der Waals surface area contributed by atoms with Gasteiger partial charge in [-0.2, -0.15) is 0 Å². The predicted molar refractivity (Wildman–Crippen MR) is 69.9 cm³/mol. The molecule has 1 rings (SSSR count). The normalized spacial score (nSPS) is 25.1. The summed E-state index contributed by atoms with van der Waals surface area (Å²) in [4.78, 5) is 33.3. The third-order valence-electron chi connectivity index (χ3n) is 3.38. The van der Waals surface area contributed by atoms with E-state index in [0.717, 1.165) is 0 Å². The van der Waals surface area contributed by atoms with Crippen LogP contribution in [0.1, 0.15) is 26.2 Å². The Balaban J connectivity index is 2.28. The van der Waals surface area contributed by atoms with Crippen LogP contribution in [-0.2, 0) is 14.3 Å². The van der Waals surface area contributed by atoms with E-state index in [1.807, 2.05) is 0 Å². The van der Waals surface area contributed by atoms with E-state index in [2.05, 4.69) is 10.6 Å². The molecule has 1 fully saturated rings. The van der Waals surface area contributed by atoms with Gasteiger partial charge in [0, 0.05) is 13.0 Å². The van der Waals surface area contributed by atoms with Crippen molar-refractivity contribution in [3.05, 3.63) is 0 Å². The highest BCUT2D eigenvalue weighted by Crippen LogP contribution is 2.28. The molecule has 1 aliphatic rings. The van der Waals surface area contributed by atoms with Crippen LogP contribution < -0.4 is 16.4 Å². The molecule has 0 aromatic carbocycles. The first-order chi connectivity index (χ1) is 9.36. The number of nitrogens with one attached hydrogen (secondary N) is 2. The molecule has 0 spiro atoms. The number of carboxylic acids is 1. The van der Waals surface area contributed by atoms with Gasteiger partial charge in [0.25, 0.3) is 0 Å². The molecule has 0 radical (unpaired) electrons. The Hall–Kier alpha value is -1.83. The number of urea groups is 1. The average Bonchev–Trinajstić information content (AvgIpc) is 2.71.